The van der Waals surface area contributed by atoms with Gasteiger partial charge >= 0.3 is 0 Å². The number of aliphatic hydroxyl groups is 1. The Kier molecular flexibility index (Phi) is 25.0. The molecule has 0 aromatic carbocycles. The highest BCUT2D eigenvalue weighted by molar-refractivity contribution is 5.87. The Hall–Kier alpha value is -2.69. The van der Waals surface area contributed by atoms with E-state index in [1.54, 1.807) is 0 Å². The molecule has 61 heavy (non-hydrogen) atoms. The number of carbonyl (C=O) groups is 3. The lowest BCUT2D eigenvalue weighted by Crippen LogP contribution is -2.50. The van der Waals surface area contributed by atoms with Crippen molar-refractivity contribution >= 4 is 17.7 Å². The summed E-state index contributed by atoms with van der Waals surface area (Å²) in [4.78, 5) is 35.0. The van der Waals surface area contributed by atoms with Crippen LogP contribution in [0.4, 0.5) is 0 Å². The molecule has 0 aliphatic carbocycles. The van der Waals surface area contributed by atoms with Crippen molar-refractivity contribution in [3.63, 3.8) is 0 Å². The van der Waals surface area contributed by atoms with E-state index in [0.717, 1.165) is 0 Å². The normalized spacial score (nSPS) is 13.4. The Morgan fingerprint density at radius 3 is 0.984 bits per heavy atom. The number of carbonyl (C=O) groups excluding carboxylic acids is 3. The van der Waals surface area contributed by atoms with E-state index in [1.807, 2.05) is 96.9 Å². The first-order valence-corrected chi connectivity index (χ1v) is 21.7. The Balaban J connectivity index is 6.42. The molecule has 0 aliphatic heterocycles. The van der Waals surface area contributed by atoms with Gasteiger partial charge in [-0.1, -0.05) is 19.7 Å². The Bertz CT molecular complexity index is 1300. The third kappa shape index (κ3) is 28.6. The van der Waals surface area contributed by atoms with Crippen LogP contribution in [0.25, 0.3) is 0 Å². The van der Waals surface area contributed by atoms with Crippen LogP contribution >= 0.6 is 0 Å². The van der Waals surface area contributed by atoms with Crippen LogP contribution in [0.2, 0.25) is 0 Å². The predicted molar refractivity (Wildman–Crippen MR) is 242 cm³/mol. The molecular weight excluding hydrogens is 783 g/mol. The first-order chi connectivity index (χ1) is 27.9. The highest BCUT2D eigenvalue weighted by Crippen LogP contribution is 2.32. The van der Waals surface area contributed by atoms with Gasteiger partial charge in [-0.3, -0.25) is 14.4 Å². The molecule has 0 saturated carbocycles. The van der Waals surface area contributed by atoms with Gasteiger partial charge in [0, 0.05) is 26.2 Å². The van der Waals surface area contributed by atoms with E-state index < -0.39 is 44.6 Å². The van der Waals surface area contributed by atoms with Crippen molar-refractivity contribution in [2.75, 3.05) is 72.5 Å². The summed E-state index contributed by atoms with van der Waals surface area (Å²) in [6.45, 7) is 41.2. The summed E-state index contributed by atoms with van der Waals surface area (Å²) in [6, 6.07) is 0. The van der Waals surface area contributed by atoms with E-state index in [0.29, 0.717) is 58.3 Å². The van der Waals surface area contributed by atoms with E-state index in [2.05, 4.69) is 35.7 Å². The van der Waals surface area contributed by atoms with Crippen molar-refractivity contribution < 1.29 is 52.6 Å². The second kappa shape index (κ2) is 26.2. The quantitative estimate of drug-likeness (QED) is 0.0515. The van der Waals surface area contributed by atoms with E-state index in [9.17, 15) is 19.5 Å². The molecule has 14 heteroatoms. The maximum atomic E-state index is 11.7. The number of ether oxygens (including phenoxy) is 7. The first kappa shape index (κ1) is 58.3. The molecule has 0 spiro atoms. The van der Waals surface area contributed by atoms with Crippen LogP contribution in [-0.2, 0) is 47.5 Å². The standard InChI is InChI=1S/C47H87N3O11/c1-18-37(52)48-26-21-40(4,5)55-30-25-44(12,13)59-34-47(33-58-43(10,11)24-29-51,35-60-45(14,15)31-56-41(6,7)22-27-49-38(53)19-2)36-61-46(16,17)32-57-42(8,9)23-28-50-39(54)20-3/h18-20,51H,1-3,21-36H2,4-17H3,(H,48,52)(H,49,53)(H,50,54). The van der Waals surface area contributed by atoms with Crippen LogP contribution in [0, 0.1) is 5.41 Å². The fourth-order valence-electron chi connectivity index (χ4n) is 5.35. The van der Waals surface area contributed by atoms with Crippen molar-refractivity contribution in [1.82, 2.24) is 16.0 Å². The first-order valence-electron chi connectivity index (χ1n) is 21.7. The molecule has 0 aromatic heterocycles. The lowest BCUT2D eigenvalue weighted by molar-refractivity contribution is -0.209. The van der Waals surface area contributed by atoms with Gasteiger partial charge in [-0.25, -0.2) is 0 Å². The smallest absolute Gasteiger partial charge is 0.243 e. The van der Waals surface area contributed by atoms with Crippen molar-refractivity contribution in [3.8, 4) is 0 Å². The van der Waals surface area contributed by atoms with Crippen molar-refractivity contribution in [2.24, 2.45) is 5.41 Å². The van der Waals surface area contributed by atoms with Crippen molar-refractivity contribution in [1.29, 1.82) is 0 Å². The van der Waals surface area contributed by atoms with Crippen molar-refractivity contribution in [2.45, 2.75) is 168 Å². The third-order valence-electron chi connectivity index (χ3n) is 10.2. The van der Waals surface area contributed by atoms with Crippen LogP contribution < -0.4 is 16.0 Å². The van der Waals surface area contributed by atoms with Gasteiger partial charge in [-0.15, -0.1) is 0 Å². The highest BCUT2D eigenvalue weighted by Gasteiger charge is 2.41. The van der Waals surface area contributed by atoms with E-state index >= 15 is 0 Å². The molecule has 0 heterocycles. The summed E-state index contributed by atoms with van der Waals surface area (Å²) in [5.74, 6) is -0.687. The zero-order valence-corrected chi connectivity index (χ0v) is 40.7. The summed E-state index contributed by atoms with van der Waals surface area (Å²) < 4.78 is 45.9. The lowest BCUT2D eigenvalue weighted by atomic mass is 9.90. The largest absolute Gasteiger partial charge is 0.396 e. The summed E-state index contributed by atoms with van der Waals surface area (Å²) in [6.07, 6.45) is 6.53. The minimum Gasteiger partial charge on any atom is -0.396 e. The third-order valence-corrected chi connectivity index (χ3v) is 10.2. The number of hydrogen-bond donors (Lipinski definition) is 4. The number of rotatable bonds is 36. The maximum absolute atomic E-state index is 11.7. The number of amides is 3. The van der Waals surface area contributed by atoms with Gasteiger partial charge in [0.05, 0.1) is 90.9 Å². The summed E-state index contributed by atoms with van der Waals surface area (Å²) in [7, 11) is 0. The molecule has 0 radical (unpaired) electrons. The zero-order chi connectivity index (χ0) is 47.2. The molecule has 0 atom stereocenters. The minimum atomic E-state index is -0.850. The minimum absolute atomic E-state index is 0.0393. The number of nitrogens with one attached hydrogen (secondary N) is 3. The van der Waals surface area contributed by atoms with Gasteiger partial charge < -0.3 is 54.2 Å². The molecule has 356 valence electrons. The molecule has 0 saturated heterocycles. The van der Waals surface area contributed by atoms with E-state index in [-0.39, 0.29) is 64.0 Å². The Morgan fingerprint density at radius 1 is 0.410 bits per heavy atom. The average molecular weight is 870 g/mol. The fourth-order valence-corrected chi connectivity index (χ4v) is 5.35. The molecule has 0 unspecified atom stereocenters. The number of hydrogen-bond acceptors (Lipinski definition) is 11. The van der Waals surface area contributed by atoms with Crippen LogP contribution in [0.5, 0.6) is 0 Å². The van der Waals surface area contributed by atoms with Gasteiger partial charge in [0.1, 0.15) is 0 Å². The van der Waals surface area contributed by atoms with Crippen LogP contribution in [0.15, 0.2) is 38.0 Å². The molecule has 14 nitrogen and oxygen atoms in total. The second-order valence-corrected chi connectivity index (χ2v) is 20.4. The molecule has 0 fully saturated rings. The topological polar surface area (TPSA) is 172 Å². The summed E-state index contributed by atoms with van der Waals surface area (Å²) in [5, 5.41) is 18.3. The molecule has 0 bridgehead atoms. The molecule has 3 amide bonds. The molecule has 0 rings (SSSR count). The van der Waals surface area contributed by atoms with Crippen LogP contribution in [0.3, 0.4) is 0 Å². The summed E-state index contributed by atoms with van der Waals surface area (Å²) in [5.41, 5.74) is -5.23. The maximum Gasteiger partial charge on any atom is 0.243 e. The fraction of sp³-hybridized carbons (Fsp3) is 0.809. The SMILES string of the molecule is C=CC(=O)NCCC(C)(C)OCCC(C)(C)OCC(COC(C)(C)CCO)(COC(C)(C)COC(C)(C)CCNC(=O)C=C)COC(C)(C)COC(C)(C)CCNC(=O)C=C. The van der Waals surface area contributed by atoms with Gasteiger partial charge in [0.25, 0.3) is 0 Å². The molecule has 0 aliphatic rings. The summed E-state index contributed by atoms with van der Waals surface area (Å²) >= 11 is 0. The second-order valence-electron chi connectivity index (χ2n) is 20.4. The molecule has 4 N–H and O–H groups in total. The molecule has 0 aromatic rings. The van der Waals surface area contributed by atoms with Crippen LogP contribution in [0.1, 0.15) is 129 Å². The zero-order valence-electron chi connectivity index (χ0n) is 40.7. The monoisotopic (exact) mass is 870 g/mol. The van der Waals surface area contributed by atoms with Gasteiger partial charge in [-0.05, 0) is 147 Å². The lowest BCUT2D eigenvalue weighted by Gasteiger charge is -2.43. The average Bonchev–Trinajstić information content (AvgIpc) is 3.15. The van der Waals surface area contributed by atoms with Crippen LogP contribution in [-0.4, -0.2) is 135 Å². The highest BCUT2D eigenvalue weighted by atomic mass is 16.6. The van der Waals surface area contributed by atoms with E-state index in [4.69, 9.17) is 33.2 Å². The van der Waals surface area contributed by atoms with Gasteiger partial charge in [0.15, 0.2) is 0 Å². The Labute approximate surface area is 369 Å². The van der Waals surface area contributed by atoms with E-state index in [1.165, 1.54) is 18.2 Å². The number of aliphatic hydroxyl groups excluding tert-OH is 1. The predicted octanol–water partition coefficient (Wildman–Crippen LogP) is 6.39. The van der Waals surface area contributed by atoms with Gasteiger partial charge in [-0.2, -0.15) is 0 Å². The van der Waals surface area contributed by atoms with Gasteiger partial charge in [0.2, 0.25) is 17.7 Å². The Morgan fingerprint density at radius 2 is 0.672 bits per heavy atom. The molecular formula is C47H87N3O11. The van der Waals surface area contributed by atoms with Crippen molar-refractivity contribution in [3.05, 3.63) is 38.0 Å².